The molecule has 2 heterocycles. The van der Waals surface area contributed by atoms with Gasteiger partial charge in [-0.15, -0.1) is 0 Å². The highest BCUT2D eigenvalue weighted by Gasteiger charge is 2.36. The molecule has 3 heteroatoms. The zero-order valence-corrected chi connectivity index (χ0v) is 12.5. The summed E-state index contributed by atoms with van der Waals surface area (Å²) in [6, 6.07) is 1.29. The summed E-state index contributed by atoms with van der Waals surface area (Å²) < 4.78 is 5.82. The summed E-state index contributed by atoms with van der Waals surface area (Å²) in [7, 11) is 0. The van der Waals surface area contributed by atoms with Crippen molar-refractivity contribution in [1.82, 2.24) is 10.2 Å². The second kappa shape index (κ2) is 5.89. The van der Waals surface area contributed by atoms with E-state index in [-0.39, 0.29) is 0 Å². The summed E-state index contributed by atoms with van der Waals surface area (Å²) in [6.45, 7) is 13.7. The topological polar surface area (TPSA) is 24.5 Å². The highest BCUT2D eigenvalue weighted by atomic mass is 16.5. The number of ether oxygens (including phenoxy) is 1. The first kappa shape index (κ1) is 14.3. The number of hydrogen-bond donors (Lipinski definition) is 1. The van der Waals surface area contributed by atoms with Gasteiger partial charge in [0.2, 0.25) is 0 Å². The minimum atomic E-state index is 0.338. The van der Waals surface area contributed by atoms with Gasteiger partial charge in [-0.1, -0.05) is 27.7 Å². The second-order valence-electron chi connectivity index (χ2n) is 6.98. The number of nitrogens with one attached hydrogen (secondary N) is 1. The second-order valence-corrected chi connectivity index (χ2v) is 6.98. The van der Waals surface area contributed by atoms with Gasteiger partial charge in [0.1, 0.15) is 0 Å². The first-order valence-electron chi connectivity index (χ1n) is 7.59. The van der Waals surface area contributed by atoms with Gasteiger partial charge in [-0.05, 0) is 24.7 Å². The smallest absolute Gasteiger partial charge is 0.0702 e. The van der Waals surface area contributed by atoms with Crippen LogP contribution in [0.3, 0.4) is 0 Å². The maximum Gasteiger partial charge on any atom is 0.0702 e. The third-order valence-electron chi connectivity index (χ3n) is 4.45. The SMILES string of the molecule is CCC1CN(CC2CCCO2)C(C(C)(C)C)CN1. The minimum absolute atomic E-state index is 0.338. The zero-order chi connectivity index (χ0) is 13.2. The summed E-state index contributed by atoms with van der Waals surface area (Å²) in [6.07, 6.45) is 4.19. The normalized spacial score (nSPS) is 35.0. The van der Waals surface area contributed by atoms with Crippen LogP contribution in [0, 0.1) is 5.41 Å². The van der Waals surface area contributed by atoms with Gasteiger partial charge in [-0.25, -0.2) is 0 Å². The fourth-order valence-electron chi connectivity index (χ4n) is 3.26. The van der Waals surface area contributed by atoms with Crippen molar-refractivity contribution in [2.75, 3.05) is 26.2 Å². The van der Waals surface area contributed by atoms with E-state index in [1.54, 1.807) is 0 Å². The summed E-state index contributed by atoms with van der Waals surface area (Å²) in [4.78, 5) is 2.68. The average molecular weight is 254 g/mol. The van der Waals surface area contributed by atoms with Gasteiger partial charge in [0.15, 0.2) is 0 Å². The van der Waals surface area contributed by atoms with E-state index in [0.717, 1.165) is 19.7 Å². The van der Waals surface area contributed by atoms with Crippen LogP contribution in [0.5, 0.6) is 0 Å². The van der Waals surface area contributed by atoms with Crippen LogP contribution in [-0.4, -0.2) is 49.3 Å². The van der Waals surface area contributed by atoms with Gasteiger partial charge in [-0.3, -0.25) is 4.90 Å². The maximum atomic E-state index is 5.82. The van der Waals surface area contributed by atoms with Crippen molar-refractivity contribution < 1.29 is 4.74 Å². The molecule has 0 amide bonds. The van der Waals surface area contributed by atoms with E-state index in [1.807, 2.05) is 0 Å². The Bertz CT molecular complexity index is 256. The molecule has 18 heavy (non-hydrogen) atoms. The Labute approximate surface area is 112 Å². The lowest BCUT2D eigenvalue weighted by Crippen LogP contribution is -2.61. The molecule has 0 aromatic carbocycles. The molecule has 0 spiro atoms. The van der Waals surface area contributed by atoms with E-state index in [9.17, 15) is 0 Å². The zero-order valence-electron chi connectivity index (χ0n) is 12.5. The van der Waals surface area contributed by atoms with Crippen molar-refractivity contribution in [3.63, 3.8) is 0 Å². The highest BCUT2D eigenvalue weighted by Crippen LogP contribution is 2.28. The first-order chi connectivity index (χ1) is 8.50. The van der Waals surface area contributed by atoms with Gasteiger partial charge < -0.3 is 10.1 Å². The van der Waals surface area contributed by atoms with E-state index >= 15 is 0 Å². The van der Waals surface area contributed by atoms with Crippen molar-refractivity contribution in [2.45, 2.75) is 65.1 Å². The van der Waals surface area contributed by atoms with Crippen LogP contribution in [0.15, 0.2) is 0 Å². The van der Waals surface area contributed by atoms with Gasteiger partial charge in [0.05, 0.1) is 6.10 Å². The van der Waals surface area contributed by atoms with Crippen molar-refractivity contribution in [3.8, 4) is 0 Å². The first-order valence-corrected chi connectivity index (χ1v) is 7.59. The summed E-state index contributed by atoms with van der Waals surface area (Å²) in [5, 5.41) is 3.70. The van der Waals surface area contributed by atoms with Crippen LogP contribution in [0.4, 0.5) is 0 Å². The Hall–Kier alpha value is -0.120. The van der Waals surface area contributed by atoms with Crippen molar-refractivity contribution in [1.29, 1.82) is 0 Å². The maximum absolute atomic E-state index is 5.82. The quantitative estimate of drug-likeness (QED) is 0.836. The molecule has 2 rings (SSSR count). The van der Waals surface area contributed by atoms with Gasteiger partial charge >= 0.3 is 0 Å². The molecule has 0 radical (unpaired) electrons. The predicted octanol–water partition coefficient (Wildman–Crippen LogP) is 2.26. The Morgan fingerprint density at radius 1 is 1.33 bits per heavy atom. The summed E-state index contributed by atoms with van der Waals surface area (Å²) in [5.41, 5.74) is 0.338. The summed E-state index contributed by atoms with van der Waals surface area (Å²) in [5.74, 6) is 0. The Morgan fingerprint density at radius 2 is 2.11 bits per heavy atom. The summed E-state index contributed by atoms with van der Waals surface area (Å²) >= 11 is 0. The van der Waals surface area contributed by atoms with Crippen molar-refractivity contribution in [2.24, 2.45) is 5.41 Å². The minimum Gasteiger partial charge on any atom is -0.377 e. The van der Waals surface area contributed by atoms with Crippen LogP contribution in [0.1, 0.15) is 47.0 Å². The number of piperazine rings is 1. The monoisotopic (exact) mass is 254 g/mol. The van der Waals surface area contributed by atoms with E-state index in [4.69, 9.17) is 4.74 Å². The van der Waals surface area contributed by atoms with Gasteiger partial charge in [0.25, 0.3) is 0 Å². The Balaban J connectivity index is 1.99. The molecule has 0 aliphatic carbocycles. The standard InChI is InChI=1S/C15H30N2O/c1-5-12-10-17(11-13-7-6-8-18-13)14(9-16-12)15(2,3)4/h12-14,16H,5-11H2,1-4H3. The average Bonchev–Trinajstić information content (AvgIpc) is 2.80. The largest absolute Gasteiger partial charge is 0.377 e. The molecule has 2 saturated heterocycles. The van der Waals surface area contributed by atoms with Crippen molar-refractivity contribution >= 4 is 0 Å². The Kier molecular flexibility index (Phi) is 4.68. The third kappa shape index (κ3) is 3.46. The third-order valence-corrected chi connectivity index (χ3v) is 4.45. The predicted molar refractivity (Wildman–Crippen MR) is 75.9 cm³/mol. The number of rotatable bonds is 3. The van der Waals surface area contributed by atoms with Crippen LogP contribution in [0.25, 0.3) is 0 Å². The lowest BCUT2D eigenvalue weighted by molar-refractivity contribution is 0.00587. The molecule has 2 fully saturated rings. The van der Waals surface area contributed by atoms with Crippen LogP contribution < -0.4 is 5.32 Å². The molecule has 0 aromatic rings. The molecule has 3 unspecified atom stereocenters. The molecule has 3 atom stereocenters. The lowest BCUT2D eigenvalue weighted by atomic mass is 9.83. The van der Waals surface area contributed by atoms with Gasteiger partial charge in [0, 0.05) is 38.3 Å². The lowest BCUT2D eigenvalue weighted by Gasteiger charge is -2.47. The molecule has 0 saturated carbocycles. The van der Waals surface area contributed by atoms with E-state index in [0.29, 0.717) is 23.6 Å². The van der Waals surface area contributed by atoms with Crippen molar-refractivity contribution in [3.05, 3.63) is 0 Å². The molecule has 2 aliphatic rings. The molecule has 106 valence electrons. The number of hydrogen-bond acceptors (Lipinski definition) is 3. The molecule has 1 N–H and O–H groups in total. The molecule has 0 aromatic heterocycles. The van der Waals surface area contributed by atoms with E-state index in [1.165, 1.54) is 25.8 Å². The highest BCUT2D eigenvalue weighted by molar-refractivity contribution is 4.93. The molecular weight excluding hydrogens is 224 g/mol. The van der Waals surface area contributed by atoms with E-state index in [2.05, 4.69) is 37.9 Å². The fourth-order valence-corrected chi connectivity index (χ4v) is 3.26. The van der Waals surface area contributed by atoms with Gasteiger partial charge in [-0.2, -0.15) is 0 Å². The number of nitrogens with zero attached hydrogens (tertiary/aromatic N) is 1. The Morgan fingerprint density at radius 3 is 2.67 bits per heavy atom. The fraction of sp³-hybridized carbons (Fsp3) is 1.00. The molecule has 2 aliphatic heterocycles. The van der Waals surface area contributed by atoms with Crippen LogP contribution in [-0.2, 0) is 4.74 Å². The van der Waals surface area contributed by atoms with Crippen LogP contribution in [0.2, 0.25) is 0 Å². The van der Waals surface area contributed by atoms with E-state index < -0.39 is 0 Å². The molecular formula is C15H30N2O. The van der Waals surface area contributed by atoms with Crippen LogP contribution >= 0.6 is 0 Å². The molecule has 3 nitrogen and oxygen atoms in total. The molecule has 0 bridgehead atoms.